The summed E-state index contributed by atoms with van der Waals surface area (Å²) in [5.41, 5.74) is 1.63. The minimum absolute atomic E-state index is 0.169. The van der Waals surface area contributed by atoms with Gasteiger partial charge in [0.05, 0.1) is 5.56 Å². The first-order chi connectivity index (χ1) is 16.0. The van der Waals surface area contributed by atoms with E-state index in [-0.39, 0.29) is 6.61 Å². The SMILES string of the molecule is FC(F)(F)c1ccc(-c2ccc(C#CCOc3ccccc3Oc3c[c]ccc3)cc2)cc1. The summed E-state index contributed by atoms with van der Waals surface area (Å²) < 4.78 is 49.8. The highest BCUT2D eigenvalue weighted by molar-refractivity contribution is 5.64. The Hall–Kier alpha value is -4.17. The molecule has 4 aromatic carbocycles. The molecule has 0 saturated carbocycles. The minimum atomic E-state index is -4.34. The highest BCUT2D eigenvalue weighted by atomic mass is 19.4. The molecule has 0 N–H and O–H groups in total. The highest BCUT2D eigenvalue weighted by Gasteiger charge is 2.29. The van der Waals surface area contributed by atoms with Crippen molar-refractivity contribution in [3.63, 3.8) is 0 Å². The van der Waals surface area contributed by atoms with Crippen LogP contribution < -0.4 is 9.47 Å². The topological polar surface area (TPSA) is 18.5 Å². The number of para-hydroxylation sites is 2. The predicted octanol–water partition coefficient (Wildman–Crippen LogP) is 7.40. The molecule has 0 bridgehead atoms. The van der Waals surface area contributed by atoms with Gasteiger partial charge in [0, 0.05) is 5.56 Å². The average Bonchev–Trinajstić information content (AvgIpc) is 2.83. The van der Waals surface area contributed by atoms with E-state index in [1.54, 1.807) is 12.1 Å². The molecule has 0 aliphatic heterocycles. The molecule has 0 unspecified atom stereocenters. The van der Waals surface area contributed by atoms with Crippen LogP contribution >= 0.6 is 0 Å². The van der Waals surface area contributed by atoms with Gasteiger partial charge in [0.1, 0.15) is 12.4 Å². The van der Waals surface area contributed by atoms with Gasteiger partial charge in [0.2, 0.25) is 0 Å². The van der Waals surface area contributed by atoms with Gasteiger partial charge in [-0.3, -0.25) is 0 Å². The van der Waals surface area contributed by atoms with E-state index in [4.69, 9.17) is 9.47 Å². The molecule has 0 saturated heterocycles. The zero-order valence-electron chi connectivity index (χ0n) is 17.4. The van der Waals surface area contributed by atoms with Crippen molar-refractivity contribution in [2.24, 2.45) is 0 Å². The normalized spacial score (nSPS) is 10.8. The van der Waals surface area contributed by atoms with Gasteiger partial charge in [0.25, 0.3) is 0 Å². The fourth-order valence-corrected chi connectivity index (χ4v) is 3.07. The summed E-state index contributed by atoms with van der Waals surface area (Å²) in [5.74, 6) is 7.81. The average molecular weight is 443 g/mol. The van der Waals surface area contributed by atoms with Gasteiger partial charge in [-0.05, 0) is 65.7 Å². The molecular weight excluding hydrogens is 425 g/mol. The summed E-state index contributed by atoms with van der Waals surface area (Å²) in [5, 5.41) is 0. The number of benzene rings is 4. The van der Waals surface area contributed by atoms with Crippen LogP contribution in [0.15, 0.2) is 97.1 Å². The van der Waals surface area contributed by atoms with E-state index in [1.807, 2.05) is 60.7 Å². The van der Waals surface area contributed by atoms with Crippen LogP contribution in [0.25, 0.3) is 11.1 Å². The molecule has 5 heteroatoms. The standard InChI is InChI=1S/C28H18F3O2/c29-28(30,31)24-18-16-23(17-19-24)22-14-12-21(13-15-22)7-6-20-32-26-10-4-5-11-27(26)33-25-8-2-1-3-9-25/h1-2,4-5,8-19H,20H2. The Morgan fingerprint density at radius 2 is 1.42 bits per heavy atom. The maximum atomic E-state index is 12.7. The first-order valence-corrected chi connectivity index (χ1v) is 10.1. The molecule has 0 heterocycles. The Morgan fingerprint density at radius 3 is 2.06 bits per heavy atom. The molecule has 1 radical (unpaired) electrons. The minimum Gasteiger partial charge on any atom is -0.477 e. The predicted molar refractivity (Wildman–Crippen MR) is 121 cm³/mol. The molecule has 4 aromatic rings. The van der Waals surface area contributed by atoms with Gasteiger partial charge >= 0.3 is 6.18 Å². The van der Waals surface area contributed by atoms with Crippen molar-refractivity contribution in [3.05, 3.63) is 114 Å². The van der Waals surface area contributed by atoms with E-state index in [1.165, 1.54) is 12.1 Å². The number of ether oxygens (including phenoxy) is 2. The van der Waals surface area contributed by atoms with Crippen molar-refractivity contribution in [2.45, 2.75) is 6.18 Å². The van der Waals surface area contributed by atoms with Crippen LogP contribution in [0.3, 0.4) is 0 Å². The molecule has 0 spiro atoms. The quantitative estimate of drug-likeness (QED) is 0.299. The first-order valence-electron chi connectivity index (χ1n) is 10.1. The lowest BCUT2D eigenvalue weighted by atomic mass is 10.0. The highest BCUT2D eigenvalue weighted by Crippen LogP contribution is 2.32. The number of rotatable bonds is 5. The lowest BCUT2D eigenvalue weighted by Gasteiger charge is -2.10. The lowest BCUT2D eigenvalue weighted by Crippen LogP contribution is -2.03. The summed E-state index contributed by atoms with van der Waals surface area (Å²) in [6, 6.07) is 29.9. The molecule has 163 valence electrons. The lowest BCUT2D eigenvalue weighted by molar-refractivity contribution is -0.137. The van der Waals surface area contributed by atoms with Crippen LogP contribution in [-0.2, 0) is 6.18 Å². The molecule has 0 amide bonds. The van der Waals surface area contributed by atoms with E-state index >= 15 is 0 Å². The van der Waals surface area contributed by atoms with Gasteiger partial charge in [0.15, 0.2) is 11.5 Å². The fraction of sp³-hybridized carbons (Fsp3) is 0.0714. The zero-order valence-corrected chi connectivity index (χ0v) is 17.4. The Labute approximate surface area is 190 Å². The van der Waals surface area contributed by atoms with Crippen LogP contribution in [0.5, 0.6) is 17.2 Å². The summed E-state index contributed by atoms with van der Waals surface area (Å²) in [6.45, 7) is 0.169. The van der Waals surface area contributed by atoms with Crippen molar-refractivity contribution in [2.75, 3.05) is 6.61 Å². The maximum Gasteiger partial charge on any atom is 0.416 e. The Balaban J connectivity index is 1.37. The number of hydrogen-bond acceptors (Lipinski definition) is 2. The third-order valence-corrected chi connectivity index (χ3v) is 4.72. The number of halogens is 3. The van der Waals surface area contributed by atoms with Crippen LogP contribution in [0.2, 0.25) is 0 Å². The Kier molecular flexibility index (Phi) is 6.66. The molecule has 0 aromatic heterocycles. The van der Waals surface area contributed by atoms with Crippen LogP contribution in [0.1, 0.15) is 11.1 Å². The van der Waals surface area contributed by atoms with E-state index in [0.717, 1.165) is 23.3 Å². The molecular formula is C28H18F3O2. The van der Waals surface area contributed by atoms with Crippen LogP contribution in [0.4, 0.5) is 13.2 Å². The second-order valence-electron chi connectivity index (χ2n) is 7.03. The zero-order chi connectivity index (χ0) is 23.1. The van der Waals surface area contributed by atoms with E-state index < -0.39 is 11.7 Å². The van der Waals surface area contributed by atoms with Crippen molar-refractivity contribution >= 4 is 0 Å². The van der Waals surface area contributed by atoms with Gasteiger partial charge in [-0.25, -0.2) is 0 Å². The van der Waals surface area contributed by atoms with E-state index in [2.05, 4.69) is 17.9 Å². The molecule has 33 heavy (non-hydrogen) atoms. The third kappa shape index (κ3) is 5.96. The Morgan fingerprint density at radius 1 is 0.758 bits per heavy atom. The molecule has 0 aliphatic carbocycles. The second-order valence-corrected chi connectivity index (χ2v) is 7.03. The second kappa shape index (κ2) is 9.97. The summed E-state index contributed by atoms with van der Waals surface area (Å²) >= 11 is 0. The summed E-state index contributed by atoms with van der Waals surface area (Å²) in [4.78, 5) is 0. The molecule has 2 nitrogen and oxygen atoms in total. The maximum absolute atomic E-state index is 12.7. The van der Waals surface area contributed by atoms with Gasteiger partial charge in [-0.2, -0.15) is 13.2 Å². The van der Waals surface area contributed by atoms with E-state index in [9.17, 15) is 13.2 Å². The van der Waals surface area contributed by atoms with Crippen LogP contribution in [0, 0.1) is 17.9 Å². The van der Waals surface area contributed by atoms with Crippen LogP contribution in [-0.4, -0.2) is 6.61 Å². The number of alkyl halides is 3. The number of hydrogen-bond donors (Lipinski definition) is 0. The molecule has 0 fully saturated rings. The first kappa shape index (κ1) is 22.0. The molecule has 0 aliphatic rings. The molecule has 4 rings (SSSR count). The van der Waals surface area contributed by atoms with Crippen molar-refractivity contribution in [3.8, 4) is 40.2 Å². The molecule has 0 atom stereocenters. The van der Waals surface area contributed by atoms with Crippen molar-refractivity contribution < 1.29 is 22.6 Å². The largest absolute Gasteiger partial charge is 0.477 e. The van der Waals surface area contributed by atoms with Gasteiger partial charge in [-0.15, -0.1) is 0 Å². The summed E-state index contributed by atoms with van der Waals surface area (Å²) in [6.07, 6.45) is -4.34. The van der Waals surface area contributed by atoms with Crippen molar-refractivity contribution in [1.29, 1.82) is 0 Å². The van der Waals surface area contributed by atoms with E-state index in [0.29, 0.717) is 22.8 Å². The van der Waals surface area contributed by atoms with Crippen molar-refractivity contribution in [1.82, 2.24) is 0 Å². The van der Waals surface area contributed by atoms with Gasteiger partial charge in [-0.1, -0.05) is 60.4 Å². The Bertz CT molecular complexity index is 1250. The monoisotopic (exact) mass is 443 g/mol. The third-order valence-electron chi connectivity index (χ3n) is 4.72. The fourth-order valence-electron chi connectivity index (χ4n) is 3.07. The smallest absolute Gasteiger partial charge is 0.416 e. The summed E-state index contributed by atoms with van der Waals surface area (Å²) in [7, 11) is 0. The van der Waals surface area contributed by atoms with Gasteiger partial charge < -0.3 is 9.47 Å².